The average Bonchev–Trinajstić information content (AvgIpc) is 3.66. The number of carbonyl (C=O) groups excluding carboxylic acids is 3. The lowest BCUT2D eigenvalue weighted by Crippen LogP contribution is -2.59. The summed E-state index contributed by atoms with van der Waals surface area (Å²) in [6.45, 7) is 17.1. The minimum Gasteiger partial charge on any atom is -0.391 e. The van der Waals surface area contributed by atoms with E-state index in [0.29, 0.717) is 5.92 Å². The molecule has 3 fully saturated rings. The smallest absolute Gasteiger partial charge is 0.246 e. The lowest BCUT2D eigenvalue weighted by atomic mass is 9.85. The molecule has 0 spiro atoms. The number of piperidine rings is 1. The molecule has 5 rings (SSSR count). The monoisotopic (exact) mass is 667 g/mol. The molecule has 2 aromatic rings. The van der Waals surface area contributed by atoms with Gasteiger partial charge in [0.25, 0.3) is 0 Å². The van der Waals surface area contributed by atoms with Crippen molar-refractivity contribution in [3.63, 3.8) is 0 Å². The second kappa shape index (κ2) is 15.5. The van der Waals surface area contributed by atoms with Gasteiger partial charge in [0.2, 0.25) is 17.7 Å². The standard InChI is InChI=1S/C35H53N7O4S/c1-23(26-6-8-27(9-7-26)31-24(2)37-22-47-31)38-33(45)29-18-28(43)20-42(29)34(46)32(35(3,4)5)39-30(44)21-40-14-10-25(11-15-40)19-41-16-12-36-13-17-41/h6-9,22-23,25,28-29,32,36,43H,10-21H2,1-5H3,(H,38,45)(H,39,44)/t23-,28?,29?,32+/m0/s1. The lowest BCUT2D eigenvalue weighted by molar-refractivity contribution is -0.144. The molecule has 0 saturated carbocycles. The summed E-state index contributed by atoms with van der Waals surface area (Å²) >= 11 is 1.59. The Balaban J connectivity index is 1.16. The molecule has 0 aliphatic carbocycles. The van der Waals surface area contributed by atoms with Crippen molar-refractivity contribution in [1.82, 2.24) is 35.6 Å². The van der Waals surface area contributed by atoms with Gasteiger partial charge >= 0.3 is 0 Å². The summed E-state index contributed by atoms with van der Waals surface area (Å²) in [4.78, 5) is 52.6. The van der Waals surface area contributed by atoms with Crippen molar-refractivity contribution in [1.29, 1.82) is 0 Å². The molecule has 0 bridgehead atoms. The van der Waals surface area contributed by atoms with E-state index >= 15 is 0 Å². The molecule has 1 aromatic carbocycles. The van der Waals surface area contributed by atoms with Gasteiger partial charge in [0.15, 0.2) is 0 Å². The molecule has 11 nitrogen and oxygen atoms in total. The Bertz CT molecular complexity index is 1360. The second-order valence-electron chi connectivity index (χ2n) is 14.7. The first kappa shape index (κ1) is 35.4. The van der Waals surface area contributed by atoms with Crippen LogP contribution in [0.25, 0.3) is 10.4 Å². The number of hydrogen-bond donors (Lipinski definition) is 4. The maximum atomic E-state index is 14.0. The maximum Gasteiger partial charge on any atom is 0.246 e. The summed E-state index contributed by atoms with van der Waals surface area (Å²) in [5.41, 5.74) is 4.24. The number of rotatable bonds is 10. The number of thiazole rings is 1. The highest BCUT2D eigenvalue weighted by Gasteiger charge is 2.44. The van der Waals surface area contributed by atoms with Gasteiger partial charge in [-0.3, -0.25) is 19.3 Å². The molecule has 3 aliphatic heterocycles. The number of aliphatic hydroxyl groups excluding tert-OH is 1. The number of likely N-dealkylation sites (tertiary alicyclic amines) is 2. The van der Waals surface area contributed by atoms with Gasteiger partial charge in [-0.05, 0) is 62.2 Å². The van der Waals surface area contributed by atoms with Gasteiger partial charge in [-0.2, -0.15) is 0 Å². The number of nitrogens with zero attached hydrogens (tertiary/aromatic N) is 4. The van der Waals surface area contributed by atoms with Crippen LogP contribution in [0.2, 0.25) is 0 Å². The van der Waals surface area contributed by atoms with Crippen molar-refractivity contribution in [2.75, 3.05) is 58.9 Å². The van der Waals surface area contributed by atoms with Crippen LogP contribution in [0, 0.1) is 18.3 Å². The Hall–Kier alpha value is -2.90. The molecule has 258 valence electrons. The number of hydrogen-bond acceptors (Lipinski definition) is 9. The van der Waals surface area contributed by atoms with Crippen molar-refractivity contribution >= 4 is 29.1 Å². The number of aromatic nitrogens is 1. The first-order valence-corrected chi connectivity index (χ1v) is 18.0. The van der Waals surface area contributed by atoms with Crippen LogP contribution < -0.4 is 16.0 Å². The Labute approximate surface area is 283 Å². The highest BCUT2D eigenvalue weighted by atomic mass is 32.1. The predicted molar refractivity (Wildman–Crippen MR) is 185 cm³/mol. The van der Waals surface area contributed by atoms with Crippen LogP contribution >= 0.6 is 11.3 Å². The fourth-order valence-electron chi connectivity index (χ4n) is 7.01. The maximum absolute atomic E-state index is 14.0. The second-order valence-corrected chi connectivity index (χ2v) is 15.5. The molecule has 2 unspecified atom stereocenters. The summed E-state index contributed by atoms with van der Waals surface area (Å²) in [5.74, 6) is -0.192. The van der Waals surface area contributed by atoms with Crippen molar-refractivity contribution in [3.8, 4) is 10.4 Å². The fraction of sp³-hybridized carbons (Fsp3) is 0.657. The van der Waals surface area contributed by atoms with Crippen molar-refractivity contribution in [3.05, 3.63) is 41.0 Å². The van der Waals surface area contributed by atoms with Gasteiger partial charge < -0.3 is 30.9 Å². The molecule has 3 amide bonds. The summed E-state index contributed by atoms with van der Waals surface area (Å²) in [7, 11) is 0. The van der Waals surface area contributed by atoms with Gasteiger partial charge in [-0.1, -0.05) is 45.0 Å². The number of piperazine rings is 1. The highest BCUT2D eigenvalue weighted by molar-refractivity contribution is 7.13. The van der Waals surface area contributed by atoms with Gasteiger partial charge in [0.05, 0.1) is 34.8 Å². The third kappa shape index (κ3) is 9.17. The van der Waals surface area contributed by atoms with E-state index in [1.54, 1.807) is 11.3 Å². The largest absolute Gasteiger partial charge is 0.391 e. The molecular formula is C35H53N7O4S. The lowest BCUT2D eigenvalue weighted by Gasteiger charge is -2.37. The van der Waals surface area contributed by atoms with Gasteiger partial charge in [-0.25, -0.2) is 4.98 Å². The summed E-state index contributed by atoms with van der Waals surface area (Å²) in [5, 5.41) is 20.1. The van der Waals surface area contributed by atoms with E-state index in [0.717, 1.165) is 80.4 Å². The first-order chi connectivity index (χ1) is 22.4. The quantitative estimate of drug-likeness (QED) is 0.304. The zero-order valence-electron chi connectivity index (χ0n) is 28.6. The molecule has 4 N–H and O–H groups in total. The molecule has 0 radical (unpaired) electrons. The zero-order chi connectivity index (χ0) is 33.7. The number of benzene rings is 1. The number of β-amino-alcohol motifs (C(OH)–C–C–N with tert-alkyl or cyclic N) is 1. The van der Waals surface area contributed by atoms with Crippen LogP contribution in [0.5, 0.6) is 0 Å². The predicted octanol–water partition coefficient (Wildman–Crippen LogP) is 2.41. The van der Waals surface area contributed by atoms with E-state index in [1.165, 1.54) is 4.90 Å². The normalized spacial score (nSPS) is 23.0. The molecule has 4 heterocycles. The van der Waals surface area contributed by atoms with Crippen LogP contribution in [0.15, 0.2) is 29.8 Å². The van der Waals surface area contributed by atoms with E-state index in [-0.39, 0.29) is 43.3 Å². The van der Waals surface area contributed by atoms with Crippen LogP contribution in [-0.2, 0) is 14.4 Å². The average molecular weight is 668 g/mol. The van der Waals surface area contributed by atoms with Crippen LogP contribution in [0.3, 0.4) is 0 Å². The third-order valence-corrected chi connectivity index (χ3v) is 10.8. The van der Waals surface area contributed by atoms with Crippen LogP contribution in [-0.4, -0.2) is 120 Å². The first-order valence-electron chi connectivity index (χ1n) is 17.1. The van der Waals surface area contributed by atoms with E-state index in [4.69, 9.17) is 0 Å². The summed E-state index contributed by atoms with van der Waals surface area (Å²) < 4.78 is 0. The third-order valence-electron chi connectivity index (χ3n) is 9.86. The molecule has 3 aliphatic rings. The minimum absolute atomic E-state index is 0.0528. The molecule has 1 aromatic heterocycles. The fourth-order valence-corrected chi connectivity index (χ4v) is 7.82. The van der Waals surface area contributed by atoms with Crippen molar-refractivity contribution in [2.45, 2.75) is 78.1 Å². The SMILES string of the molecule is Cc1ncsc1-c1ccc([C@H](C)NC(=O)C2CC(O)CN2C(=O)[C@@H](NC(=O)CN2CCC(CN3CCNCC3)CC2)C(C)(C)C)cc1. The van der Waals surface area contributed by atoms with E-state index in [1.807, 2.05) is 64.4 Å². The molecular weight excluding hydrogens is 614 g/mol. The molecule has 12 heteroatoms. The Morgan fingerprint density at radius 1 is 1.04 bits per heavy atom. The highest BCUT2D eigenvalue weighted by Crippen LogP contribution is 2.30. The van der Waals surface area contributed by atoms with E-state index < -0.39 is 23.6 Å². The Morgan fingerprint density at radius 2 is 1.72 bits per heavy atom. The zero-order valence-corrected chi connectivity index (χ0v) is 29.4. The van der Waals surface area contributed by atoms with Crippen LogP contribution in [0.1, 0.15) is 64.3 Å². The minimum atomic E-state index is -0.832. The Morgan fingerprint density at radius 3 is 2.34 bits per heavy atom. The molecule has 3 saturated heterocycles. The number of aryl methyl sites for hydroxylation is 1. The van der Waals surface area contributed by atoms with Crippen molar-refractivity contribution < 1.29 is 19.5 Å². The number of nitrogens with one attached hydrogen (secondary N) is 3. The van der Waals surface area contributed by atoms with Gasteiger partial charge in [-0.15, -0.1) is 11.3 Å². The number of amides is 3. The summed E-state index contributed by atoms with van der Waals surface area (Å²) in [6, 6.07) is 6.09. The number of aliphatic hydroxyl groups is 1. The topological polar surface area (TPSA) is 130 Å². The molecule has 4 atom stereocenters. The van der Waals surface area contributed by atoms with Gasteiger partial charge in [0, 0.05) is 45.7 Å². The van der Waals surface area contributed by atoms with Gasteiger partial charge in [0.1, 0.15) is 12.1 Å². The van der Waals surface area contributed by atoms with E-state index in [9.17, 15) is 19.5 Å². The Kier molecular flexibility index (Phi) is 11.7. The van der Waals surface area contributed by atoms with E-state index in [2.05, 4.69) is 30.7 Å². The summed E-state index contributed by atoms with van der Waals surface area (Å²) in [6.07, 6.45) is 1.47. The van der Waals surface area contributed by atoms with Crippen LogP contribution in [0.4, 0.5) is 0 Å². The van der Waals surface area contributed by atoms with Crippen molar-refractivity contribution in [2.24, 2.45) is 11.3 Å². The molecule has 47 heavy (non-hydrogen) atoms. The number of carbonyl (C=O) groups is 3.